The summed E-state index contributed by atoms with van der Waals surface area (Å²) >= 11 is 0. The first-order valence-electron chi connectivity index (χ1n) is 8.36. The molecule has 3 heterocycles. The summed E-state index contributed by atoms with van der Waals surface area (Å²) in [6.45, 7) is 2.21. The third-order valence-corrected chi connectivity index (χ3v) is 4.28. The van der Waals surface area contributed by atoms with E-state index in [0.717, 1.165) is 44.3 Å². The topological polar surface area (TPSA) is 88.1 Å². The predicted octanol–water partition coefficient (Wildman–Crippen LogP) is 2.40. The number of carbonyl (C=O) groups is 1. The molecule has 0 spiro atoms. The van der Waals surface area contributed by atoms with Crippen molar-refractivity contribution in [1.29, 1.82) is 0 Å². The predicted molar refractivity (Wildman–Crippen MR) is 89.6 cm³/mol. The largest absolute Gasteiger partial charge is 0.385 e. The zero-order valence-electron chi connectivity index (χ0n) is 13.9. The van der Waals surface area contributed by atoms with Gasteiger partial charge >= 0.3 is 6.03 Å². The molecule has 1 unspecified atom stereocenters. The third-order valence-electron chi connectivity index (χ3n) is 4.28. The molecule has 24 heavy (non-hydrogen) atoms. The van der Waals surface area contributed by atoms with E-state index in [4.69, 9.17) is 4.74 Å². The van der Waals surface area contributed by atoms with E-state index in [1.807, 2.05) is 28.0 Å². The number of nitrogens with zero attached hydrogens (tertiary/aromatic N) is 4. The monoisotopic (exact) mass is 332 g/mol. The van der Waals surface area contributed by atoms with E-state index in [2.05, 4.69) is 20.6 Å². The molecule has 2 amide bonds. The number of carbonyl (C=O) groups excluding carboxylic acids is 1. The molecule has 0 aromatic carbocycles. The van der Waals surface area contributed by atoms with Crippen molar-refractivity contribution in [3.8, 4) is 0 Å². The van der Waals surface area contributed by atoms with Crippen molar-refractivity contribution in [3.05, 3.63) is 30.2 Å². The molecule has 1 saturated heterocycles. The van der Waals surface area contributed by atoms with E-state index in [0.29, 0.717) is 12.4 Å². The number of aromatic nitrogens is 4. The van der Waals surface area contributed by atoms with Crippen molar-refractivity contribution in [2.75, 3.05) is 25.6 Å². The maximum Gasteiger partial charge on any atom is 0.323 e. The van der Waals surface area contributed by atoms with Crippen molar-refractivity contribution in [2.24, 2.45) is 0 Å². The fourth-order valence-electron chi connectivity index (χ4n) is 3.07. The summed E-state index contributed by atoms with van der Waals surface area (Å²) in [5.74, 6) is 0.578. The van der Waals surface area contributed by atoms with Crippen LogP contribution in [0.4, 0.5) is 10.6 Å². The van der Waals surface area contributed by atoms with Gasteiger partial charge in [0.05, 0.1) is 12.2 Å². The standard InChI is InChI=1S/C16H24N6O2/c1-24-10-4-7-21-9-6-15(20-21)19-16(23)22-8-3-2-5-14(22)13-11-17-18-12-13/h6,9,11-12,14H,2-5,7-8,10H2,1H3,(H,17,18)(H,19,20,23). The Morgan fingerprint density at radius 2 is 2.42 bits per heavy atom. The first kappa shape index (κ1) is 16.5. The van der Waals surface area contributed by atoms with Crippen molar-refractivity contribution >= 4 is 11.8 Å². The molecule has 130 valence electrons. The van der Waals surface area contributed by atoms with Gasteiger partial charge in [-0.2, -0.15) is 10.2 Å². The van der Waals surface area contributed by atoms with Gasteiger partial charge in [-0.1, -0.05) is 0 Å². The van der Waals surface area contributed by atoms with E-state index < -0.39 is 0 Å². The lowest BCUT2D eigenvalue weighted by Crippen LogP contribution is -2.41. The van der Waals surface area contributed by atoms with Crippen molar-refractivity contribution in [2.45, 2.75) is 38.3 Å². The molecular weight excluding hydrogens is 308 g/mol. The van der Waals surface area contributed by atoms with Gasteiger partial charge in [0.2, 0.25) is 0 Å². The van der Waals surface area contributed by atoms with Crippen molar-refractivity contribution in [1.82, 2.24) is 24.9 Å². The van der Waals surface area contributed by atoms with Gasteiger partial charge in [-0.3, -0.25) is 15.1 Å². The zero-order chi connectivity index (χ0) is 16.8. The number of rotatable bonds is 6. The van der Waals surface area contributed by atoms with Crippen LogP contribution in [0, 0.1) is 0 Å². The highest BCUT2D eigenvalue weighted by Crippen LogP contribution is 2.30. The SMILES string of the molecule is COCCCn1ccc(NC(=O)N2CCCCC2c2cn[nH]c2)n1. The molecule has 1 fully saturated rings. The number of amides is 2. The summed E-state index contributed by atoms with van der Waals surface area (Å²) in [6, 6.07) is 1.78. The Labute approximate surface area is 141 Å². The molecule has 0 bridgehead atoms. The van der Waals surface area contributed by atoms with Crippen LogP contribution in [0.3, 0.4) is 0 Å². The molecular formula is C16H24N6O2. The zero-order valence-corrected chi connectivity index (χ0v) is 13.9. The maximum absolute atomic E-state index is 12.7. The molecule has 1 aliphatic heterocycles. The van der Waals surface area contributed by atoms with E-state index in [1.165, 1.54) is 0 Å². The Balaban J connectivity index is 1.61. The first-order valence-corrected chi connectivity index (χ1v) is 8.36. The summed E-state index contributed by atoms with van der Waals surface area (Å²) in [5, 5.41) is 14.1. The lowest BCUT2D eigenvalue weighted by Gasteiger charge is -2.35. The Hall–Kier alpha value is -2.35. The van der Waals surface area contributed by atoms with Crippen LogP contribution in [0.2, 0.25) is 0 Å². The van der Waals surface area contributed by atoms with Gasteiger partial charge in [-0.15, -0.1) is 0 Å². The lowest BCUT2D eigenvalue weighted by molar-refractivity contribution is 0.163. The van der Waals surface area contributed by atoms with Gasteiger partial charge in [-0.05, 0) is 25.7 Å². The number of hydrogen-bond acceptors (Lipinski definition) is 4. The molecule has 8 heteroatoms. The quantitative estimate of drug-likeness (QED) is 0.795. The normalized spacial score (nSPS) is 17.9. The highest BCUT2D eigenvalue weighted by Gasteiger charge is 2.28. The molecule has 2 aromatic rings. The van der Waals surface area contributed by atoms with E-state index in [1.54, 1.807) is 13.3 Å². The average molecular weight is 332 g/mol. The van der Waals surface area contributed by atoms with Gasteiger partial charge in [0.15, 0.2) is 5.82 Å². The van der Waals surface area contributed by atoms with Gasteiger partial charge in [0.1, 0.15) is 0 Å². The Kier molecular flexibility index (Phi) is 5.47. The molecule has 0 saturated carbocycles. The van der Waals surface area contributed by atoms with Crippen LogP contribution >= 0.6 is 0 Å². The second kappa shape index (κ2) is 7.96. The average Bonchev–Trinajstić information content (AvgIpc) is 3.27. The van der Waals surface area contributed by atoms with Crippen LogP contribution in [-0.4, -0.2) is 51.2 Å². The minimum absolute atomic E-state index is 0.0706. The highest BCUT2D eigenvalue weighted by atomic mass is 16.5. The molecule has 3 rings (SSSR count). The van der Waals surface area contributed by atoms with Crippen LogP contribution in [0.25, 0.3) is 0 Å². The van der Waals surface area contributed by atoms with Crippen molar-refractivity contribution in [3.63, 3.8) is 0 Å². The summed E-state index contributed by atoms with van der Waals surface area (Å²) in [4.78, 5) is 14.5. The van der Waals surface area contributed by atoms with E-state index in [9.17, 15) is 4.79 Å². The summed E-state index contributed by atoms with van der Waals surface area (Å²) in [6.07, 6.45) is 9.51. The maximum atomic E-state index is 12.7. The summed E-state index contributed by atoms with van der Waals surface area (Å²) < 4.78 is 6.85. The minimum Gasteiger partial charge on any atom is -0.385 e. The fraction of sp³-hybridized carbons (Fsp3) is 0.562. The lowest BCUT2D eigenvalue weighted by atomic mass is 9.98. The van der Waals surface area contributed by atoms with Gasteiger partial charge in [0.25, 0.3) is 0 Å². The number of piperidine rings is 1. The number of aryl methyl sites for hydroxylation is 1. The number of nitrogens with one attached hydrogen (secondary N) is 2. The van der Waals surface area contributed by atoms with Crippen molar-refractivity contribution < 1.29 is 9.53 Å². The second-order valence-electron chi connectivity index (χ2n) is 5.98. The number of aromatic amines is 1. The van der Waals surface area contributed by atoms with Crippen LogP contribution in [0.5, 0.6) is 0 Å². The third kappa shape index (κ3) is 3.94. The number of anilines is 1. The Bertz CT molecular complexity index is 639. The molecule has 8 nitrogen and oxygen atoms in total. The van der Waals surface area contributed by atoms with Crippen LogP contribution in [-0.2, 0) is 11.3 Å². The first-order chi connectivity index (χ1) is 11.8. The number of hydrogen-bond donors (Lipinski definition) is 2. The smallest absolute Gasteiger partial charge is 0.323 e. The van der Waals surface area contributed by atoms with Crippen LogP contribution in [0.1, 0.15) is 37.3 Å². The van der Waals surface area contributed by atoms with Gasteiger partial charge < -0.3 is 9.64 Å². The van der Waals surface area contributed by atoms with Crippen LogP contribution in [0.15, 0.2) is 24.7 Å². The van der Waals surface area contributed by atoms with E-state index >= 15 is 0 Å². The highest BCUT2D eigenvalue weighted by molar-refractivity contribution is 5.88. The number of methoxy groups -OCH3 is 1. The minimum atomic E-state index is -0.108. The van der Waals surface area contributed by atoms with Gasteiger partial charge in [-0.25, -0.2) is 4.79 Å². The number of likely N-dealkylation sites (tertiary alicyclic amines) is 1. The van der Waals surface area contributed by atoms with E-state index in [-0.39, 0.29) is 12.1 Å². The Morgan fingerprint density at radius 1 is 1.50 bits per heavy atom. The second-order valence-corrected chi connectivity index (χ2v) is 5.98. The molecule has 2 N–H and O–H groups in total. The Morgan fingerprint density at radius 3 is 3.21 bits per heavy atom. The summed E-state index contributed by atoms with van der Waals surface area (Å²) in [7, 11) is 1.68. The number of urea groups is 1. The number of H-pyrrole nitrogens is 1. The number of ether oxygens (including phenoxy) is 1. The van der Waals surface area contributed by atoms with Gasteiger partial charge in [0, 0.05) is 50.8 Å². The molecule has 0 aliphatic carbocycles. The molecule has 1 aliphatic rings. The van der Waals surface area contributed by atoms with Crippen LogP contribution < -0.4 is 5.32 Å². The molecule has 1 atom stereocenters. The molecule has 0 radical (unpaired) electrons. The molecule has 2 aromatic heterocycles. The summed E-state index contributed by atoms with van der Waals surface area (Å²) in [5.41, 5.74) is 1.05. The fourth-order valence-corrected chi connectivity index (χ4v) is 3.07.